The Kier molecular flexibility index (Phi) is 9.00. The van der Waals surface area contributed by atoms with Crippen LogP contribution in [-0.2, 0) is 16.0 Å². The van der Waals surface area contributed by atoms with E-state index in [-0.39, 0.29) is 36.5 Å². The topological polar surface area (TPSA) is 165 Å². The number of benzene rings is 3. The average molecular weight is 594 g/mol. The number of rotatable bonds is 10. The fraction of sp³-hybridized carbons (Fsp3) is 0.344. The summed E-state index contributed by atoms with van der Waals surface area (Å²) in [7, 11) is 0. The third-order valence-electron chi connectivity index (χ3n) is 8.20. The molecule has 0 bridgehead atoms. The Morgan fingerprint density at radius 1 is 0.814 bits per heavy atom. The van der Waals surface area contributed by atoms with E-state index in [2.05, 4.69) is 0 Å². The predicted octanol–water partition coefficient (Wildman–Crippen LogP) is 2.28. The van der Waals surface area contributed by atoms with Gasteiger partial charge in [0.2, 0.25) is 5.91 Å². The molecule has 2 heterocycles. The number of carbonyl (C=O) groups excluding carboxylic acids is 2. The van der Waals surface area contributed by atoms with Crippen molar-refractivity contribution in [3.05, 3.63) is 101 Å². The predicted molar refractivity (Wildman–Crippen MR) is 151 cm³/mol. The monoisotopic (exact) mass is 593 g/mol. The van der Waals surface area contributed by atoms with E-state index in [0.717, 1.165) is 11.1 Å². The smallest absolute Gasteiger partial charge is 0.335 e. The summed E-state index contributed by atoms with van der Waals surface area (Å²) in [6, 6.07) is 17.9. The Hall–Kier alpha value is -4.00. The minimum atomic E-state index is -1.48. The summed E-state index contributed by atoms with van der Waals surface area (Å²) in [4.78, 5) is 39.0. The van der Waals surface area contributed by atoms with Crippen molar-refractivity contribution < 1.29 is 49.0 Å². The van der Waals surface area contributed by atoms with Crippen LogP contribution in [0.4, 0.5) is 10.1 Å². The van der Waals surface area contributed by atoms with Crippen LogP contribution in [-0.4, -0.2) is 80.3 Å². The van der Waals surface area contributed by atoms with E-state index in [9.17, 15) is 44.3 Å². The van der Waals surface area contributed by atoms with Gasteiger partial charge >= 0.3 is 5.97 Å². The average Bonchev–Trinajstić information content (AvgIpc) is 3.01. The molecule has 43 heavy (non-hydrogen) atoms. The normalized spacial score (nSPS) is 27.0. The van der Waals surface area contributed by atoms with Crippen molar-refractivity contribution in [2.45, 2.75) is 55.8 Å². The Bertz CT molecular complexity index is 1460. The number of β-lactam (4-membered cyclic amide) rings is 1. The van der Waals surface area contributed by atoms with Crippen molar-refractivity contribution in [3.8, 4) is 0 Å². The van der Waals surface area contributed by atoms with Crippen molar-refractivity contribution in [3.63, 3.8) is 0 Å². The molecule has 7 atom stereocenters. The van der Waals surface area contributed by atoms with E-state index in [1.807, 2.05) is 12.1 Å². The number of aliphatic hydroxyl groups excluding tert-OH is 4. The highest BCUT2D eigenvalue weighted by atomic mass is 19.1. The SMILES string of the molecule is O=C(O)c1ccc(N2C(=O)[C@H](CCC(=O)c3ccc(F)cc3)[C@H]2c2ccc(C[C@@H]3O[C@H](CO)[C@@H](O)[C@H](O)[C@@H]3O)cc2)cc1. The van der Waals surface area contributed by atoms with Gasteiger partial charge in [0.25, 0.3) is 0 Å². The van der Waals surface area contributed by atoms with Gasteiger partial charge in [-0.3, -0.25) is 9.59 Å². The second-order valence-electron chi connectivity index (χ2n) is 10.9. The minimum Gasteiger partial charge on any atom is -0.478 e. The lowest BCUT2D eigenvalue weighted by molar-refractivity contribution is -0.228. The number of carboxylic acids is 1. The number of aromatic carboxylic acids is 1. The standard InChI is InChI=1S/C32H32FNO9/c33-21-9-5-18(6-10-21)24(36)14-13-23-27(34(31(23)40)22-11-7-20(8-12-22)32(41)42)19-3-1-17(2-4-19)15-25-28(37)30(39)29(38)26(16-35)43-25/h1-12,23,25-30,35,37-39H,13-16H2,(H,41,42)/t23-,25+,26-,27-,28-,29-,30-/m1/s1. The van der Waals surface area contributed by atoms with Gasteiger partial charge in [0.05, 0.1) is 30.2 Å². The molecule has 1 amide bonds. The number of amides is 1. The Morgan fingerprint density at radius 3 is 2.02 bits per heavy atom. The van der Waals surface area contributed by atoms with Gasteiger partial charge in [0.15, 0.2) is 5.78 Å². The van der Waals surface area contributed by atoms with Crippen molar-refractivity contribution in [2.75, 3.05) is 11.5 Å². The number of carboxylic acid groups (broad SMARTS) is 1. The largest absolute Gasteiger partial charge is 0.478 e. The molecule has 2 aliphatic rings. The van der Waals surface area contributed by atoms with Gasteiger partial charge in [-0.2, -0.15) is 0 Å². The number of nitrogens with zero attached hydrogens (tertiary/aromatic N) is 1. The fourth-order valence-electron chi connectivity index (χ4n) is 5.76. The van der Waals surface area contributed by atoms with Crippen LogP contribution in [0.15, 0.2) is 72.8 Å². The molecule has 0 radical (unpaired) electrons. The summed E-state index contributed by atoms with van der Waals surface area (Å²) in [6.07, 6.45) is -5.68. The van der Waals surface area contributed by atoms with Crippen LogP contribution in [0.25, 0.3) is 0 Å². The van der Waals surface area contributed by atoms with Crippen LogP contribution in [0.1, 0.15) is 50.7 Å². The van der Waals surface area contributed by atoms with Gasteiger partial charge in [-0.25, -0.2) is 9.18 Å². The van der Waals surface area contributed by atoms with E-state index in [0.29, 0.717) is 11.3 Å². The molecule has 0 aliphatic carbocycles. The Morgan fingerprint density at radius 2 is 1.42 bits per heavy atom. The molecule has 5 N–H and O–H groups in total. The first-order valence-electron chi connectivity index (χ1n) is 13.9. The lowest BCUT2D eigenvalue weighted by atomic mass is 9.78. The third-order valence-corrected chi connectivity index (χ3v) is 8.20. The summed E-state index contributed by atoms with van der Waals surface area (Å²) in [6.45, 7) is -0.523. The summed E-state index contributed by atoms with van der Waals surface area (Å²) in [5.41, 5.74) is 2.43. The summed E-state index contributed by atoms with van der Waals surface area (Å²) in [5.74, 6) is -2.52. The quantitative estimate of drug-likeness (QED) is 0.175. The minimum absolute atomic E-state index is 0.0690. The first-order chi connectivity index (χ1) is 20.6. The molecule has 226 valence electrons. The van der Waals surface area contributed by atoms with Crippen LogP contribution in [0.3, 0.4) is 0 Å². The van der Waals surface area contributed by atoms with Gasteiger partial charge in [0, 0.05) is 24.1 Å². The molecule has 2 saturated heterocycles. The van der Waals surface area contributed by atoms with Crippen molar-refractivity contribution in [1.82, 2.24) is 0 Å². The Labute approximate surface area is 246 Å². The molecule has 10 nitrogen and oxygen atoms in total. The molecular weight excluding hydrogens is 561 g/mol. The number of aliphatic hydroxyl groups is 4. The second-order valence-corrected chi connectivity index (χ2v) is 10.9. The number of hydrogen-bond donors (Lipinski definition) is 5. The molecular formula is C32H32FNO9. The molecule has 3 aromatic rings. The zero-order chi connectivity index (χ0) is 30.8. The van der Waals surface area contributed by atoms with Gasteiger partial charge in [0.1, 0.15) is 30.2 Å². The number of halogens is 1. The van der Waals surface area contributed by atoms with E-state index in [4.69, 9.17) is 4.74 Å². The van der Waals surface area contributed by atoms with E-state index >= 15 is 0 Å². The second kappa shape index (κ2) is 12.7. The first kappa shape index (κ1) is 30.5. The zero-order valence-corrected chi connectivity index (χ0v) is 23.0. The molecule has 3 aromatic carbocycles. The summed E-state index contributed by atoms with van der Waals surface area (Å²) in [5, 5.41) is 49.3. The van der Waals surface area contributed by atoms with Crippen molar-refractivity contribution in [2.24, 2.45) is 5.92 Å². The van der Waals surface area contributed by atoms with E-state index < -0.39 is 60.9 Å². The molecule has 11 heteroatoms. The third kappa shape index (κ3) is 6.22. The van der Waals surface area contributed by atoms with E-state index in [1.54, 1.807) is 29.2 Å². The number of carbonyl (C=O) groups is 3. The van der Waals surface area contributed by atoms with Crippen LogP contribution in [0.2, 0.25) is 0 Å². The number of ketones is 1. The van der Waals surface area contributed by atoms with E-state index in [1.165, 1.54) is 36.4 Å². The molecule has 2 fully saturated rings. The maximum absolute atomic E-state index is 13.4. The van der Waals surface area contributed by atoms with Crippen molar-refractivity contribution in [1.29, 1.82) is 0 Å². The summed E-state index contributed by atoms with van der Waals surface area (Å²) >= 11 is 0. The lowest BCUT2D eigenvalue weighted by Crippen LogP contribution is -2.59. The number of Topliss-reactive ketones (excluding diaryl/α,β-unsaturated/α-hetero) is 1. The highest BCUT2D eigenvalue weighted by Gasteiger charge is 2.48. The molecule has 0 saturated carbocycles. The van der Waals surface area contributed by atoms with Gasteiger partial charge in [-0.1, -0.05) is 24.3 Å². The first-order valence-corrected chi connectivity index (χ1v) is 13.9. The molecule has 2 aliphatic heterocycles. The number of anilines is 1. The Balaban J connectivity index is 1.35. The van der Waals surface area contributed by atoms with Crippen LogP contribution in [0.5, 0.6) is 0 Å². The molecule has 0 aromatic heterocycles. The van der Waals surface area contributed by atoms with Crippen LogP contribution >= 0.6 is 0 Å². The van der Waals surface area contributed by atoms with Crippen LogP contribution in [0, 0.1) is 11.7 Å². The van der Waals surface area contributed by atoms with Crippen LogP contribution < -0.4 is 4.90 Å². The highest BCUT2D eigenvalue weighted by Crippen LogP contribution is 2.46. The fourth-order valence-corrected chi connectivity index (χ4v) is 5.76. The van der Waals surface area contributed by atoms with Crippen molar-refractivity contribution >= 4 is 23.3 Å². The lowest BCUT2D eigenvalue weighted by Gasteiger charge is -2.47. The highest BCUT2D eigenvalue weighted by molar-refractivity contribution is 6.04. The van der Waals surface area contributed by atoms with Gasteiger partial charge in [-0.15, -0.1) is 0 Å². The molecule has 5 rings (SSSR count). The number of hydrogen-bond acceptors (Lipinski definition) is 8. The molecule has 0 unspecified atom stereocenters. The summed E-state index contributed by atoms with van der Waals surface area (Å²) < 4.78 is 18.9. The number of ether oxygens (including phenoxy) is 1. The maximum Gasteiger partial charge on any atom is 0.335 e. The zero-order valence-electron chi connectivity index (χ0n) is 23.0. The maximum atomic E-state index is 13.4. The van der Waals surface area contributed by atoms with Gasteiger partial charge < -0.3 is 35.2 Å². The molecule has 0 spiro atoms. The van der Waals surface area contributed by atoms with Gasteiger partial charge in [-0.05, 0) is 66.1 Å².